The largest absolute Gasteiger partial charge is 0.308 e. The van der Waals surface area contributed by atoms with Gasteiger partial charge in [-0.25, -0.2) is 0 Å². The fourth-order valence-corrected chi connectivity index (χ4v) is 2.71. The highest BCUT2D eigenvalue weighted by Gasteiger charge is 2.09. The maximum atomic E-state index is 3.51. The minimum atomic E-state index is 0.183. The first-order valence-electron chi connectivity index (χ1n) is 6.95. The quantitative estimate of drug-likeness (QED) is 0.738. The van der Waals surface area contributed by atoms with E-state index in [-0.39, 0.29) is 5.54 Å². The van der Waals surface area contributed by atoms with Crippen LogP contribution in [0.4, 0.5) is 0 Å². The average Bonchev–Trinajstić information content (AvgIpc) is 2.34. The molecule has 18 heavy (non-hydrogen) atoms. The van der Waals surface area contributed by atoms with Crippen molar-refractivity contribution in [1.29, 1.82) is 0 Å². The van der Waals surface area contributed by atoms with E-state index in [1.54, 1.807) is 0 Å². The molecule has 0 unspecified atom stereocenters. The molecule has 0 amide bonds. The van der Waals surface area contributed by atoms with Gasteiger partial charge in [0.05, 0.1) is 0 Å². The summed E-state index contributed by atoms with van der Waals surface area (Å²) in [6.45, 7) is 12.1. The van der Waals surface area contributed by atoms with Crippen LogP contribution in [0.25, 0.3) is 0 Å². The fraction of sp³-hybridized carbons (Fsp3) is 0.625. The molecule has 1 aromatic rings. The second-order valence-corrected chi connectivity index (χ2v) is 7.18. The van der Waals surface area contributed by atoms with Gasteiger partial charge < -0.3 is 5.32 Å². The van der Waals surface area contributed by atoms with Crippen LogP contribution in [0.15, 0.2) is 29.2 Å². The van der Waals surface area contributed by atoms with Gasteiger partial charge in [-0.05, 0) is 51.3 Å². The van der Waals surface area contributed by atoms with Crippen molar-refractivity contribution in [3.63, 3.8) is 0 Å². The Morgan fingerprint density at radius 2 is 1.61 bits per heavy atom. The zero-order valence-electron chi connectivity index (χ0n) is 12.4. The molecule has 0 aliphatic carbocycles. The van der Waals surface area contributed by atoms with E-state index in [1.807, 2.05) is 11.8 Å². The van der Waals surface area contributed by atoms with Crippen LogP contribution in [0.5, 0.6) is 0 Å². The number of hydrogen-bond donors (Lipinski definition) is 1. The Hall–Kier alpha value is -0.470. The summed E-state index contributed by atoms with van der Waals surface area (Å²) in [6.07, 6.45) is 2.49. The van der Waals surface area contributed by atoms with E-state index in [1.165, 1.54) is 23.3 Å². The molecule has 0 atom stereocenters. The molecule has 1 N–H and O–H groups in total. The highest BCUT2D eigenvalue weighted by atomic mass is 32.2. The van der Waals surface area contributed by atoms with Crippen LogP contribution in [-0.2, 0) is 6.54 Å². The van der Waals surface area contributed by atoms with Crippen molar-refractivity contribution in [2.45, 2.75) is 69.7 Å². The van der Waals surface area contributed by atoms with E-state index < -0.39 is 0 Å². The lowest BCUT2D eigenvalue weighted by molar-refractivity contribution is 0.424. The Morgan fingerprint density at radius 3 is 2.06 bits per heavy atom. The molecule has 0 aliphatic heterocycles. The van der Waals surface area contributed by atoms with Crippen LogP contribution in [0.2, 0.25) is 0 Å². The molecular formula is C16H27NS. The molecule has 0 saturated carbocycles. The maximum Gasteiger partial charge on any atom is 0.0210 e. The van der Waals surface area contributed by atoms with Crippen molar-refractivity contribution >= 4 is 11.8 Å². The zero-order chi connectivity index (χ0) is 13.6. The van der Waals surface area contributed by atoms with Crippen molar-refractivity contribution < 1.29 is 0 Å². The Bertz CT molecular complexity index is 333. The predicted octanol–water partition coefficient (Wildman–Crippen LogP) is 4.86. The molecule has 0 fully saturated rings. The van der Waals surface area contributed by atoms with Gasteiger partial charge in [-0.15, -0.1) is 11.8 Å². The van der Waals surface area contributed by atoms with E-state index in [0.717, 1.165) is 11.8 Å². The monoisotopic (exact) mass is 265 g/mol. The van der Waals surface area contributed by atoms with Gasteiger partial charge >= 0.3 is 0 Å². The summed E-state index contributed by atoms with van der Waals surface area (Å²) in [6, 6.07) is 8.98. The highest BCUT2D eigenvalue weighted by molar-refractivity contribution is 8.00. The van der Waals surface area contributed by atoms with Gasteiger partial charge in [0.25, 0.3) is 0 Å². The Kier molecular flexibility index (Phi) is 6.24. The molecule has 1 nitrogen and oxygen atoms in total. The molecule has 102 valence electrons. The Morgan fingerprint density at radius 1 is 1.06 bits per heavy atom. The van der Waals surface area contributed by atoms with Gasteiger partial charge in [0, 0.05) is 22.2 Å². The normalized spacial score (nSPS) is 12.1. The third-order valence-electron chi connectivity index (χ3n) is 2.96. The number of thioether (sulfide) groups is 1. The molecule has 0 radical (unpaired) electrons. The van der Waals surface area contributed by atoms with Crippen molar-refractivity contribution in [2.24, 2.45) is 0 Å². The van der Waals surface area contributed by atoms with Gasteiger partial charge in [-0.3, -0.25) is 0 Å². The lowest BCUT2D eigenvalue weighted by Crippen LogP contribution is -2.35. The molecular weight excluding hydrogens is 238 g/mol. The number of nitrogens with one attached hydrogen (secondary N) is 1. The van der Waals surface area contributed by atoms with Gasteiger partial charge in [0.1, 0.15) is 0 Å². The van der Waals surface area contributed by atoms with Crippen molar-refractivity contribution in [1.82, 2.24) is 5.32 Å². The van der Waals surface area contributed by atoms with E-state index in [2.05, 4.69) is 64.2 Å². The second-order valence-electron chi connectivity index (χ2n) is 5.80. The summed E-state index contributed by atoms with van der Waals surface area (Å²) in [5.41, 5.74) is 1.54. The molecule has 0 saturated heterocycles. The van der Waals surface area contributed by atoms with Crippen LogP contribution < -0.4 is 5.32 Å². The Balaban J connectivity index is 2.52. The van der Waals surface area contributed by atoms with E-state index in [9.17, 15) is 0 Å². The van der Waals surface area contributed by atoms with Crippen molar-refractivity contribution in [3.8, 4) is 0 Å². The van der Waals surface area contributed by atoms with Gasteiger partial charge in [-0.2, -0.15) is 0 Å². The summed E-state index contributed by atoms with van der Waals surface area (Å²) < 4.78 is 0. The van der Waals surface area contributed by atoms with Crippen molar-refractivity contribution in [3.05, 3.63) is 29.8 Å². The minimum absolute atomic E-state index is 0.183. The van der Waals surface area contributed by atoms with Gasteiger partial charge in [0.2, 0.25) is 0 Å². The average molecular weight is 265 g/mol. The first kappa shape index (κ1) is 15.6. The van der Waals surface area contributed by atoms with Crippen LogP contribution >= 0.6 is 11.8 Å². The standard InChI is InChI=1S/C16H27NS/c1-6-14(7-2)18-15-10-8-13(9-11-15)12-17-16(3,4)5/h8-11,14,17H,6-7,12H2,1-5H3. The molecule has 0 heterocycles. The molecule has 1 rings (SSSR count). The van der Waals surface area contributed by atoms with Crippen LogP contribution in [0, 0.1) is 0 Å². The summed E-state index contributed by atoms with van der Waals surface area (Å²) in [5.74, 6) is 0. The maximum absolute atomic E-state index is 3.51. The lowest BCUT2D eigenvalue weighted by atomic mass is 10.1. The smallest absolute Gasteiger partial charge is 0.0210 e. The predicted molar refractivity (Wildman–Crippen MR) is 83.3 cm³/mol. The summed E-state index contributed by atoms with van der Waals surface area (Å²) >= 11 is 2.00. The van der Waals surface area contributed by atoms with E-state index in [0.29, 0.717) is 0 Å². The lowest BCUT2D eigenvalue weighted by Gasteiger charge is -2.20. The minimum Gasteiger partial charge on any atom is -0.308 e. The molecule has 0 spiro atoms. The number of hydrogen-bond acceptors (Lipinski definition) is 2. The topological polar surface area (TPSA) is 12.0 Å². The van der Waals surface area contributed by atoms with Gasteiger partial charge in [0.15, 0.2) is 0 Å². The summed E-state index contributed by atoms with van der Waals surface area (Å²) in [4.78, 5) is 1.39. The third kappa shape index (κ3) is 5.92. The van der Waals surface area contributed by atoms with Crippen LogP contribution in [0.3, 0.4) is 0 Å². The van der Waals surface area contributed by atoms with Crippen molar-refractivity contribution in [2.75, 3.05) is 0 Å². The van der Waals surface area contributed by atoms with Gasteiger partial charge in [-0.1, -0.05) is 26.0 Å². The second kappa shape index (κ2) is 7.20. The number of rotatable bonds is 6. The fourth-order valence-electron chi connectivity index (χ4n) is 1.70. The number of benzene rings is 1. The Labute approximate surface area is 117 Å². The molecule has 0 aliphatic rings. The highest BCUT2D eigenvalue weighted by Crippen LogP contribution is 2.27. The molecule has 1 aromatic carbocycles. The third-order valence-corrected chi connectivity index (χ3v) is 4.50. The molecule has 0 bridgehead atoms. The summed E-state index contributed by atoms with van der Waals surface area (Å²) in [5, 5.41) is 4.27. The van der Waals surface area contributed by atoms with Crippen LogP contribution in [-0.4, -0.2) is 10.8 Å². The van der Waals surface area contributed by atoms with E-state index >= 15 is 0 Å². The summed E-state index contributed by atoms with van der Waals surface area (Å²) in [7, 11) is 0. The first-order valence-corrected chi connectivity index (χ1v) is 7.83. The zero-order valence-corrected chi connectivity index (χ0v) is 13.2. The molecule has 0 aromatic heterocycles. The SMILES string of the molecule is CCC(CC)Sc1ccc(CNC(C)(C)C)cc1. The van der Waals surface area contributed by atoms with E-state index in [4.69, 9.17) is 0 Å². The molecule has 2 heteroatoms. The first-order chi connectivity index (χ1) is 8.44. The van der Waals surface area contributed by atoms with Crippen LogP contribution in [0.1, 0.15) is 53.0 Å².